The second-order valence-electron chi connectivity index (χ2n) is 4.29. The lowest BCUT2D eigenvalue weighted by Crippen LogP contribution is -2.17. The molecule has 0 saturated carbocycles. The summed E-state index contributed by atoms with van der Waals surface area (Å²) in [6.45, 7) is 6.64. The molecule has 0 aliphatic carbocycles. The maximum Gasteiger partial charge on any atom is 0.258 e. The second kappa shape index (κ2) is 5.68. The molecule has 1 aromatic carbocycles. The van der Waals surface area contributed by atoms with Crippen LogP contribution in [0.3, 0.4) is 0 Å². The number of rotatable bonds is 3. The number of aromatic nitrogens is 3. The van der Waals surface area contributed by atoms with Gasteiger partial charge in [-0.05, 0) is 66.6 Å². The minimum absolute atomic E-state index is 0.151. The molecular formula is C13H15IN4O. The largest absolute Gasteiger partial charge is 0.300 e. The summed E-state index contributed by atoms with van der Waals surface area (Å²) in [5.74, 6) is 0.324. The molecule has 2 rings (SSSR count). The zero-order chi connectivity index (χ0) is 14.0. The summed E-state index contributed by atoms with van der Waals surface area (Å²) in [5, 5.41) is 10.5. The minimum atomic E-state index is -0.151. The van der Waals surface area contributed by atoms with E-state index in [0.717, 1.165) is 14.7 Å². The first-order chi connectivity index (χ1) is 9.02. The van der Waals surface area contributed by atoms with Crippen molar-refractivity contribution in [3.05, 3.63) is 38.7 Å². The van der Waals surface area contributed by atoms with E-state index in [1.165, 1.54) is 0 Å². The van der Waals surface area contributed by atoms with Gasteiger partial charge < -0.3 is 0 Å². The molecule has 0 fully saturated rings. The molecule has 0 spiro atoms. The number of halogens is 1. The first kappa shape index (κ1) is 14.0. The Morgan fingerprint density at radius 2 is 2.16 bits per heavy atom. The zero-order valence-corrected chi connectivity index (χ0v) is 13.2. The Bertz CT molecular complexity index is 621. The third-order valence-corrected chi connectivity index (χ3v) is 3.68. The Hall–Kier alpha value is -1.44. The number of anilines is 1. The second-order valence-corrected chi connectivity index (χ2v) is 5.54. The van der Waals surface area contributed by atoms with Crippen LogP contribution < -0.4 is 5.32 Å². The smallest absolute Gasteiger partial charge is 0.258 e. The minimum Gasteiger partial charge on any atom is -0.300 e. The van der Waals surface area contributed by atoms with Gasteiger partial charge in [-0.3, -0.25) is 14.7 Å². The zero-order valence-electron chi connectivity index (χ0n) is 11.1. The fourth-order valence-corrected chi connectivity index (χ4v) is 2.58. The molecule has 19 heavy (non-hydrogen) atoms. The maximum atomic E-state index is 12.3. The average molecular weight is 370 g/mol. The summed E-state index contributed by atoms with van der Waals surface area (Å²) in [6.07, 6.45) is 1.60. The van der Waals surface area contributed by atoms with Gasteiger partial charge >= 0.3 is 0 Å². The van der Waals surface area contributed by atoms with Crippen molar-refractivity contribution in [3.63, 3.8) is 0 Å². The van der Waals surface area contributed by atoms with Crippen molar-refractivity contribution in [2.75, 3.05) is 5.32 Å². The van der Waals surface area contributed by atoms with E-state index in [2.05, 4.69) is 44.2 Å². The number of carbonyl (C=O) groups excluding carboxylic acids is 1. The summed E-state index contributed by atoms with van der Waals surface area (Å²) in [7, 11) is 0. The lowest BCUT2D eigenvalue weighted by Gasteiger charge is -2.10. The molecule has 0 radical (unpaired) electrons. The summed E-state index contributed by atoms with van der Waals surface area (Å²) < 4.78 is 2.83. The molecule has 1 aromatic heterocycles. The van der Waals surface area contributed by atoms with Crippen molar-refractivity contribution >= 4 is 34.4 Å². The van der Waals surface area contributed by atoms with Crippen molar-refractivity contribution in [2.24, 2.45) is 0 Å². The number of carbonyl (C=O) groups is 1. The summed E-state index contributed by atoms with van der Waals surface area (Å²) in [4.78, 5) is 12.3. The first-order valence-electron chi connectivity index (χ1n) is 5.98. The van der Waals surface area contributed by atoms with E-state index in [9.17, 15) is 4.79 Å². The SMILES string of the molecule is CCn1cnnc1NC(=O)c1cc(I)cc(C)c1C. The summed E-state index contributed by atoms with van der Waals surface area (Å²) >= 11 is 2.21. The van der Waals surface area contributed by atoms with Crippen LogP contribution >= 0.6 is 22.6 Å². The predicted octanol–water partition coefficient (Wildman–Crippen LogP) is 2.77. The van der Waals surface area contributed by atoms with Crippen LogP contribution in [0.2, 0.25) is 0 Å². The molecule has 0 bridgehead atoms. The van der Waals surface area contributed by atoms with Gasteiger partial charge in [-0.15, -0.1) is 10.2 Å². The lowest BCUT2D eigenvalue weighted by molar-refractivity contribution is 0.102. The molecular weight excluding hydrogens is 355 g/mol. The highest BCUT2D eigenvalue weighted by atomic mass is 127. The lowest BCUT2D eigenvalue weighted by atomic mass is 10.0. The van der Waals surface area contributed by atoms with E-state index >= 15 is 0 Å². The van der Waals surface area contributed by atoms with E-state index in [1.807, 2.05) is 26.8 Å². The molecule has 1 amide bonds. The molecule has 100 valence electrons. The van der Waals surface area contributed by atoms with Crippen LogP contribution in [0.4, 0.5) is 5.95 Å². The van der Waals surface area contributed by atoms with Gasteiger partial charge in [0, 0.05) is 15.7 Å². The molecule has 5 nitrogen and oxygen atoms in total. The average Bonchev–Trinajstić information content (AvgIpc) is 2.80. The summed E-state index contributed by atoms with van der Waals surface area (Å²) in [6, 6.07) is 3.94. The van der Waals surface area contributed by atoms with Crippen molar-refractivity contribution in [1.82, 2.24) is 14.8 Å². The monoisotopic (exact) mass is 370 g/mol. The van der Waals surface area contributed by atoms with Crippen molar-refractivity contribution < 1.29 is 4.79 Å². The van der Waals surface area contributed by atoms with E-state index in [1.54, 1.807) is 10.9 Å². The fraction of sp³-hybridized carbons (Fsp3) is 0.308. The number of nitrogens with zero attached hydrogens (tertiary/aromatic N) is 3. The van der Waals surface area contributed by atoms with Gasteiger partial charge in [0.15, 0.2) is 0 Å². The first-order valence-corrected chi connectivity index (χ1v) is 7.06. The number of nitrogens with one attached hydrogen (secondary N) is 1. The summed E-state index contributed by atoms with van der Waals surface area (Å²) in [5.41, 5.74) is 2.77. The highest BCUT2D eigenvalue weighted by Crippen LogP contribution is 2.19. The van der Waals surface area contributed by atoms with E-state index in [-0.39, 0.29) is 5.91 Å². The molecule has 6 heteroatoms. The molecule has 0 unspecified atom stereocenters. The maximum absolute atomic E-state index is 12.3. The molecule has 0 aliphatic rings. The topological polar surface area (TPSA) is 59.8 Å². The van der Waals surface area contributed by atoms with Crippen LogP contribution in [0.1, 0.15) is 28.4 Å². The number of hydrogen-bond donors (Lipinski definition) is 1. The highest BCUT2D eigenvalue weighted by molar-refractivity contribution is 14.1. The quantitative estimate of drug-likeness (QED) is 0.846. The van der Waals surface area contributed by atoms with E-state index in [4.69, 9.17) is 0 Å². The Morgan fingerprint density at radius 3 is 2.84 bits per heavy atom. The Balaban J connectivity index is 2.30. The predicted molar refractivity (Wildman–Crippen MR) is 82.3 cm³/mol. The molecule has 1 N–H and O–H groups in total. The number of aryl methyl sites for hydroxylation is 2. The molecule has 0 atom stereocenters. The molecule has 0 saturated heterocycles. The Labute approximate surface area is 125 Å². The van der Waals surface area contributed by atoms with Crippen molar-refractivity contribution in [1.29, 1.82) is 0 Å². The van der Waals surface area contributed by atoms with Gasteiger partial charge in [0.1, 0.15) is 6.33 Å². The normalized spacial score (nSPS) is 10.5. The van der Waals surface area contributed by atoms with E-state index in [0.29, 0.717) is 18.1 Å². The Morgan fingerprint density at radius 1 is 1.42 bits per heavy atom. The fourth-order valence-electron chi connectivity index (χ4n) is 1.80. The number of benzene rings is 1. The van der Waals surface area contributed by atoms with Gasteiger partial charge in [-0.2, -0.15) is 0 Å². The molecule has 2 aromatic rings. The van der Waals surface area contributed by atoms with Crippen molar-refractivity contribution in [3.8, 4) is 0 Å². The highest BCUT2D eigenvalue weighted by Gasteiger charge is 2.14. The Kier molecular flexibility index (Phi) is 4.18. The van der Waals surface area contributed by atoms with Gasteiger partial charge in [0.2, 0.25) is 5.95 Å². The van der Waals surface area contributed by atoms with Gasteiger partial charge in [0.25, 0.3) is 5.91 Å². The standard InChI is InChI=1S/C13H15IN4O/c1-4-18-7-15-17-13(18)16-12(19)11-6-10(14)5-8(2)9(11)3/h5-7H,4H2,1-3H3,(H,16,17,19). The van der Waals surface area contributed by atoms with Gasteiger partial charge in [-0.25, -0.2) is 0 Å². The van der Waals surface area contributed by atoms with E-state index < -0.39 is 0 Å². The van der Waals surface area contributed by atoms with Crippen LogP contribution in [0, 0.1) is 17.4 Å². The van der Waals surface area contributed by atoms with Gasteiger partial charge in [-0.1, -0.05) is 0 Å². The molecule has 1 heterocycles. The van der Waals surface area contributed by atoms with Crippen LogP contribution in [0.25, 0.3) is 0 Å². The number of amides is 1. The third-order valence-electron chi connectivity index (χ3n) is 3.06. The van der Waals surface area contributed by atoms with Gasteiger partial charge in [0.05, 0.1) is 0 Å². The van der Waals surface area contributed by atoms with Crippen LogP contribution in [-0.2, 0) is 6.54 Å². The van der Waals surface area contributed by atoms with Crippen LogP contribution in [-0.4, -0.2) is 20.7 Å². The van der Waals surface area contributed by atoms with Crippen LogP contribution in [0.15, 0.2) is 18.5 Å². The van der Waals surface area contributed by atoms with Crippen LogP contribution in [0.5, 0.6) is 0 Å². The molecule has 0 aliphatic heterocycles. The third kappa shape index (κ3) is 2.94. The number of hydrogen-bond acceptors (Lipinski definition) is 3. The van der Waals surface area contributed by atoms with Crippen molar-refractivity contribution in [2.45, 2.75) is 27.3 Å².